The first-order chi connectivity index (χ1) is 17.6. The molecule has 5 rings (SSSR count). The Bertz CT molecular complexity index is 1320. The first-order valence-corrected chi connectivity index (χ1v) is 12.5. The van der Waals surface area contributed by atoms with Crippen molar-refractivity contribution in [1.29, 1.82) is 0 Å². The predicted octanol–water partition coefficient (Wildman–Crippen LogP) is 4.87. The number of oxime groups is 1. The highest BCUT2D eigenvalue weighted by Crippen LogP contribution is 2.35. The highest BCUT2D eigenvalue weighted by molar-refractivity contribution is 7.10. The van der Waals surface area contributed by atoms with Gasteiger partial charge in [0.05, 0.1) is 16.6 Å². The van der Waals surface area contributed by atoms with Crippen molar-refractivity contribution in [1.82, 2.24) is 19.7 Å². The third-order valence-corrected chi connectivity index (χ3v) is 7.63. The monoisotopic (exact) mass is 539 g/mol. The predicted molar refractivity (Wildman–Crippen MR) is 124 cm³/mol. The average Bonchev–Trinajstić information content (AvgIpc) is 3.59. The summed E-state index contributed by atoms with van der Waals surface area (Å²) >= 11 is 1.41. The van der Waals surface area contributed by atoms with Crippen LogP contribution in [0.1, 0.15) is 52.3 Å². The van der Waals surface area contributed by atoms with Gasteiger partial charge in [0.1, 0.15) is 30.5 Å². The quantitative estimate of drug-likeness (QED) is 0.434. The van der Waals surface area contributed by atoms with Crippen molar-refractivity contribution >= 4 is 23.0 Å². The van der Waals surface area contributed by atoms with Crippen LogP contribution in [0.25, 0.3) is 0 Å². The molecule has 2 aliphatic rings. The van der Waals surface area contributed by atoms with E-state index in [2.05, 4.69) is 15.2 Å². The maximum absolute atomic E-state index is 14.3. The SMILES string of the molecule is Cc1cc(C(F)(F)F)nn1CC(=O)N1CCC(c2nc(C3=NOCC3c3c(F)cccc3F)cs2)CC1. The number of aromatic nitrogens is 3. The number of carbonyl (C=O) groups is 1. The van der Waals surface area contributed by atoms with Crippen LogP contribution in [0.15, 0.2) is 34.8 Å². The Hall–Kier alpha value is -3.35. The number of benzene rings is 1. The molecule has 1 amide bonds. The number of carbonyl (C=O) groups excluding carboxylic acids is 1. The molecule has 196 valence electrons. The molecule has 0 aliphatic carbocycles. The summed E-state index contributed by atoms with van der Waals surface area (Å²) in [6.07, 6.45) is -3.32. The Morgan fingerprint density at radius 2 is 1.89 bits per heavy atom. The lowest BCUT2D eigenvalue weighted by atomic mass is 9.92. The summed E-state index contributed by atoms with van der Waals surface area (Å²) in [5.74, 6) is -2.28. The molecule has 2 aliphatic heterocycles. The molecular weight excluding hydrogens is 517 g/mol. The van der Waals surface area contributed by atoms with E-state index in [0.29, 0.717) is 37.3 Å². The molecule has 3 aromatic rings. The van der Waals surface area contributed by atoms with Gasteiger partial charge in [-0.2, -0.15) is 18.3 Å². The van der Waals surface area contributed by atoms with Crippen LogP contribution in [-0.2, 0) is 22.4 Å². The van der Waals surface area contributed by atoms with Gasteiger partial charge >= 0.3 is 6.18 Å². The Balaban J connectivity index is 1.22. The van der Waals surface area contributed by atoms with Crippen molar-refractivity contribution in [2.24, 2.45) is 5.16 Å². The van der Waals surface area contributed by atoms with Gasteiger partial charge in [0.2, 0.25) is 5.91 Å². The Morgan fingerprint density at radius 1 is 1.19 bits per heavy atom. The molecule has 1 aromatic carbocycles. The van der Waals surface area contributed by atoms with Gasteiger partial charge in [-0.05, 0) is 38.0 Å². The highest BCUT2D eigenvalue weighted by atomic mass is 32.1. The van der Waals surface area contributed by atoms with Crippen molar-refractivity contribution < 1.29 is 31.6 Å². The molecule has 2 aromatic heterocycles. The number of thiazole rings is 1. The molecule has 4 heterocycles. The third-order valence-electron chi connectivity index (χ3n) is 6.62. The highest BCUT2D eigenvalue weighted by Gasteiger charge is 2.36. The molecule has 0 bridgehead atoms. The Morgan fingerprint density at radius 3 is 2.54 bits per heavy atom. The lowest BCUT2D eigenvalue weighted by Crippen LogP contribution is -2.40. The number of halogens is 5. The number of rotatable bonds is 5. The van der Waals surface area contributed by atoms with Crippen LogP contribution < -0.4 is 0 Å². The zero-order valence-corrected chi connectivity index (χ0v) is 20.5. The molecule has 0 N–H and O–H groups in total. The number of nitrogens with zero attached hydrogens (tertiary/aromatic N) is 5. The van der Waals surface area contributed by atoms with E-state index >= 15 is 0 Å². The van der Waals surface area contributed by atoms with Crippen molar-refractivity contribution in [3.8, 4) is 0 Å². The molecule has 13 heteroatoms. The number of alkyl halides is 3. The number of amides is 1. The fourth-order valence-electron chi connectivity index (χ4n) is 4.62. The van der Waals surface area contributed by atoms with E-state index in [-0.39, 0.29) is 36.2 Å². The Labute approximate surface area is 212 Å². The zero-order valence-electron chi connectivity index (χ0n) is 19.6. The fourth-order valence-corrected chi connectivity index (χ4v) is 5.60. The second-order valence-electron chi connectivity index (χ2n) is 9.01. The molecular formula is C24H22F5N5O2S. The molecule has 0 saturated carbocycles. The van der Waals surface area contributed by atoms with Crippen molar-refractivity contribution in [3.63, 3.8) is 0 Å². The van der Waals surface area contributed by atoms with Gasteiger partial charge in [0.25, 0.3) is 0 Å². The van der Waals surface area contributed by atoms with Crippen LogP contribution in [0, 0.1) is 18.6 Å². The van der Waals surface area contributed by atoms with Crippen LogP contribution in [0.2, 0.25) is 0 Å². The molecule has 7 nitrogen and oxygen atoms in total. The molecule has 0 radical (unpaired) electrons. The van der Waals surface area contributed by atoms with Gasteiger partial charge in [0, 0.05) is 35.6 Å². The summed E-state index contributed by atoms with van der Waals surface area (Å²) in [5.41, 5.74) is 0.00620. The summed E-state index contributed by atoms with van der Waals surface area (Å²) in [7, 11) is 0. The van der Waals surface area contributed by atoms with Crippen LogP contribution in [0.3, 0.4) is 0 Å². The number of hydrogen-bond donors (Lipinski definition) is 0. The van der Waals surface area contributed by atoms with Gasteiger partial charge in [-0.25, -0.2) is 13.8 Å². The lowest BCUT2D eigenvalue weighted by molar-refractivity contribution is -0.142. The van der Waals surface area contributed by atoms with E-state index in [9.17, 15) is 26.7 Å². The second-order valence-corrected chi connectivity index (χ2v) is 9.90. The van der Waals surface area contributed by atoms with Crippen LogP contribution in [0.5, 0.6) is 0 Å². The van der Waals surface area contributed by atoms with E-state index in [1.807, 2.05) is 0 Å². The minimum atomic E-state index is -4.57. The fraction of sp³-hybridized carbons (Fsp3) is 0.417. The van der Waals surface area contributed by atoms with Gasteiger partial charge < -0.3 is 9.74 Å². The normalized spacial score (nSPS) is 18.7. The molecule has 1 fully saturated rings. The molecule has 1 atom stereocenters. The standard InChI is InChI=1S/C24H22F5N5O2S/c1-13-9-19(24(27,28)29)31-34(13)10-20(35)33-7-5-14(6-8-33)23-30-18(12-37-23)22-15(11-36-32-22)21-16(25)3-2-4-17(21)26/h2-4,9,12,14-15H,5-8,10-11H2,1H3. The van der Waals surface area contributed by atoms with E-state index in [1.54, 1.807) is 10.3 Å². The smallest absolute Gasteiger partial charge is 0.394 e. The summed E-state index contributed by atoms with van der Waals surface area (Å²) in [4.78, 5) is 24.2. The number of piperidine rings is 1. The summed E-state index contributed by atoms with van der Waals surface area (Å²) in [5, 5.41) is 10.1. The van der Waals surface area contributed by atoms with E-state index in [1.165, 1.54) is 36.5 Å². The maximum Gasteiger partial charge on any atom is 0.435 e. The first kappa shape index (κ1) is 25.3. The topological polar surface area (TPSA) is 72.6 Å². The largest absolute Gasteiger partial charge is 0.435 e. The lowest BCUT2D eigenvalue weighted by Gasteiger charge is -2.31. The summed E-state index contributed by atoms with van der Waals surface area (Å²) < 4.78 is 68.5. The second kappa shape index (κ2) is 9.84. The van der Waals surface area contributed by atoms with Gasteiger partial charge in [-0.1, -0.05) is 11.2 Å². The first-order valence-electron chi connectivity index (χ1n) is 11.6. The molecule has 37 heavy (non-hydrogen) atoms. The molecule has 1 saturated heterocycles. The van der Waals surface area contributed by atoms with Crippen LogP contribution in [0.4, 0.5) is 22.0 Å². The molecule has 0 spiro atoms. The Kier molecular flexibility index (Phi) is 6.73. The van der Waals surface area contributed by atoms with E-state index < -0.39 is 29.4 Å². The average molecular weight is 540 g/mol. The summed E-state index contributed by atoms with van der Waals surface area (Å²) in [6, 6.07) is 4.61. The minimum Gasteiger partial charge on any atom is -0.394 e. The zero-order chi connectivity index (χ0) is 26.3. The van der Waals surface area contributed by atoms with Crippen LogP contribution in [-0.4, -0.2) is 51.0 Å². The van der Waals surface area contributed by atoms with E-state index in [0.717, 1.165) is 15.8 Å². The van der Waals surface area contributed by atoms with Gasteiger partial charge in [0.15, 0.2) is 5.69 Å². The van der Waals surface area contributed by atoms with Gasteiger partial charge in [-0.3, -0.25) is 9.48 Å². The number of aryl methyl sites for hydroxylation is 1. The minimum absolute atomic E-state index is 0.0146. The molecule has 1 unspecified atom stereocenters. The maximum atomic E-state index is 14.3. The van der Waals surface area contributed by atoms with Gasteiger partial charge in [-0.15, -0.1) is 11.3 Å². The van der Waals surface area contributed by atoms with E-state index in [4.69, 9.17) is 4.84 Å². The van der Waals surface area contributed by atoms with Crippen molar-refractivity contribution in [3.05, 3.63) is 68.9 Å². The number of likely N-dealkylation sites (tertiary alicyclic amines) is 1. The van der Waals surface area contributed by atoms with Crippen LogP contribution >= 0.6 is 11.3 Å². The van der Waals surface area contributed by atoms with Crippen molar-refractivity contribution in [2.75, 3.05) is 19.7 Å². The van der Waals surface area contributed by atoms with Crippen molar-refractivity contribution in [2.45, 2.75) is 44.3 Å². The third kappa shape index (κ3) is 5.09. The summed E-state index contributed by atoms with van der Waals surface area (Å²) in [6.45, 7) is 2.09. The number of hydrogen-bond acceptors (Lipinski definition) is 6.